The summed E-state index contributed by atoms with van der Waals surface area (Å²) in [6, 6.07) is 15.4. The van der Waals surface area contributed by atoms with E-state index < -0.39 is 14.3 Å². The van der Waals surface area contributed by atoms with E-state index in [0.29, 0.717) is 33.8 Å². The summed E-state index contributed by atoms with van der Waals surface area (Å²) in [4.78, 5) is 15.1. The number of hydrogen-bond donors (Lipinski definition) is 3. The van der Waals surface area contributed by atoms with Crippen molar-refractivity contribution in [2.75, 3.05) is 44.3 Å². The Morgan fingerprint density at radius 1 is 0.827 bits per heavy atom. The van der Waals surface area contributed by atoms with Crippen molar-refractivity contribution in [3.05, 3.63) is 110 Å². The number of aliphatic hydroxyl groups is 1. The molecule has 1 aliphatic carbocycles. The van der Waals surface area contributed by atoms with Gasteiger partial charge in [-0.25, -0.2) is 15.0 Å². The summed E-state index contributed by atoms with van der Waals surface area (Å²) in [5.41, 5.74) is 9.20. The van der Waals surface area contributed by atoms with Gasteiger partial charge in [0.1, 0.15) is 37.0 Å². The molecule has 9 nitrogen and oxygen atoms in total. The predicted octanol–water partition coefficient (Wildman–Crippen LogP) is 10.5. The fraction of sp³-hybridized carbons (Fsp3) is 0.222. The van der Waals surface area contributed by atoms with Crippen molar-refractivity contribution in [2.45, 2.75) is 19.8 Å². The molecule has 0 spiro atoms. The molecule has 3 aromatic carbocycles. The second-order valence-corrected chi connectivity index (χ2v) is 20.0. The molecule has 0 saturated heterocycles. The van der Waals surface area contributed by atoms with Gasteiger partial charge in [0.05, 0.1) is 45.7 Å². The van der Waals surface area contributed by atoms with Gasteiger partial charge in [-0.05, 0) is 85.3 Å². The standard InChI is InChI=1S/C16H14Cl2N3OP.C12H13NOP.C4HCl3N2.C4H10O/c1-23(2,22)14-11-6-4-3-5-10(11)7-8-13(14)20-15-12(17)9-19-16(18)21-15;1-15(2,14)12-10-6-4-3-5-9(10)7-8-11(12)13;5-2-1-8-4(7)9-3(2)6;1-2-3-4-5/h3-9H,1-2H3,(H,19,20,21);3,5-8H,13H2,1-2H3;1H;5H,2-4H2,1H3/q;+1;;. The Morgan fingerprint density at radius 3 is 2.04 bits per heavy atom. The maximum absolute atomic E-state index is 12.9. The summed E-state index contributed by atoms with van der Waals surface area (Å²) >= 11 is 28.2. The van der Waals surface area contributed by atoms with Gasteiger partial charge >= 0.3 is 0 Å². The molecule has 0 saturated carbocycles. The summed E-state index contributed by atoms with van der Waals surface area (Å²) in [5, 5.41) is 15.7. The molecule has 0 fully saturated rings. The van der Waals surface area contributed by atoms with Crippen LogP contribution in [0.4, 0.5) is 17.2 Å². The number of rotatable bonds is 6. The normalized spacial score (nSPS) is 11.5. The van der Waals surface area contributed by atoms with E-state index in [1.165, 1.54) is 12.4 Å². The molecular weight excluding hydrogens is 804 g/mol. The first-order valence-electron chi connectivity index (χ1n) is 15.7. The molecule has 0 amide bonds. The van der Waals surface area contributed by atoms with Crippen molar-refractivity contribution in [3.8, 4) is 0 Å². The fourth-order valence-corrected chi connectivity index (χ4v) is 8.42. The molecule has 0 radical (unpaired) electrons. The lowest BCUT2D eigenvalue weighted by Gasteiger charge is -2.18. The largest absolute Gasteiger partial charge is 0.397 e. The van der Waals surface area contributed by atoms with Crippen molar-refractivity contribution in [1.29, 1.82) is 0 Å². The summed E-state index contributed by atoms with van der Waals surface area (Å²) in [6.07, 6.45) is 13.5. The van der Waals surface area contributed by atoms with E-state index in [1.54, 1.807) is 26.7 Å². The highest BCUT2D eigenvalue weighted by Crippen LogP contribution is 2.42. The first-order chi connectivity index (χ1) is 24.5. The number of nitrogens with one attached hydrogen (secondary N) is 1. The average Bonchev–Trinajstić information content (AvgIpc) is 3.08. The molecular formula is C36H38Cl5N6O3P2+. The number of allylic oxidation sites excluding steroid dienone is 2. The highest BCUT2D eigenvalue weighted by atomic mass is 35.5. The maximum Gasteiger partial charge on any atom is 0.224 e. The second-order valence-electron chi connectivity index (χ2n) is 11.9. The Kier molecular flexibility index (Phi) is 16.5. The van der Waals surface area contributed by atoms with E-state index in [4.69, 9.17) is 68.8 Å². The topological polar surface area (TPSA) is 144 Å². The van der Waals surface area contributed by atoms with Crippen molar-refractivity contribution in [3.63, 3.8) is 0 Å². The number of halogens is 5. The van der Waals surface area contributed by atoms with Crippen LogP contribution in [0.25, 0.3) is 22.9 Å². The quantitative estimate of drug-likeness (QED) is 0.0500. The first-order valence-corrected chi connectivity index (χ1v) is 22.8. The van der Waals surface area contributed by atoms with Crippen LogP contribution in [0.2, 0.25) is 25.8 Å². The van der Waals surface area contributed by atoms with Crippen LogP contribution < -0.4 is 21.7 Å². The average molecular weight is 842 g/mol. The minimum atomic E-state index is -2.55. The van der Waals surface area contributed by atoms with E-state index in [2.05, 4.69) is 38.3 Å². The molecule has 0 bridgehead atoms. The lowest BCUT2D eigenvalue weighted by molar-refractivity contribution is 0.287. The molecule has 0 unspecified atom stereocenters. The Morgan fingerprint density at radius 2 is 1.46 bits per heavy atom. The summed E-state index contributed by atoms with van der Waals surface area (Å²) in [6.45, 7) is 9.37. The van der Waals surface area contributed by atoms with Gasteiger partial charge in [-0.1, -0.05) is 78.5 Å². The summed E-state index contributed by atoms with van der Waals surface area (Å²) < 4.78 is 25.0. The SMILES string of the molecule is CCCCO.CP(C)(=O)c1c(N)ccc2c1C=[C+]C=C2.CP(C)(=O)c1c(Nc2nc(Cl)ncc2Cl)ccc2ccccc12.Clc1ncc(Cl)c(Cl)n1. The van der Waals surface area contributed by atoms with E-state index in [9.17, 15) is 9.13 Å². The third kappa shape index (κ3) is 12.5. The molecule has 6 rings (SSSR count). The first kappa shape index (κ1) is 43.3. The van der Waals surface area contributed by atoms with Crippen LogP contribution in [0, 0.1) is 6.08 Å². The Labute approximate surface area is 329 Å². The van der Waals surface area contributed by atoms with Crippen LogP contribution >= 0.6 is 72.3 Å². The highest BCUT2D eigenvalue weighted by molar-refractivity contribution is 7.71. The van der Waals surface area contributed by atoms with Gasteiger partial charge in [-0.3, -0.25) is 0 Å². The number of nitrogen functional groups attached to an aromatic ring is 1. The molecule has 2 heterocycles. The number of fused-ring (bicyclic) bond motifs is 2. The Balaban J connectivity index is 0.000000215. The zero-order chi connectivity index (χ0) is 38.6. The number of anilines is 3. The maximum atomic E-state index is 12.9. The number of nitrogens with zero attached hydrogens (tertiary/aromatic N) is 4. The van der Waals surface area contributed by atoms with Crippen molar-refractivity contribution in [1.82, 2.24) is 19.9 Å². The van der Waals surface area contributed by atoms with Gasteiger partial charge in [-0.15, -0.1) is 0 Å². The van der Waals surface area contributed by atoms with Crippen molar-refractivity contribution < 1.29 is 14.2 Å². The molecule has 0 aliphatic heterocycles. The number of aromatic nitrogens is 4. The van der Waals surface area contributed by atoms with Gasteiger partial charge in [0.25, 0.3) is 0 Å². The molecule has 2 aromatic heterocycles. The van der Waals surface area contributed by atoms with Gasteiger partial charge in [0.15, 0.2) is 11.0 Å². The zero-order valence-electron chi connectivity index (χ0n) is 29.0. The molecule has 4 N–H and O–H groups in total. The van der Waals surface area contributed by atoms with Crippen LogP contribution in [0.5, 0.6) is 0 Å². The number of hydrogen-bond acceptors (Lipinski definition) is 9. The van der Waals surface area contributed by atoms with Gasteiger partial charge in [-0.2, -0.15) is 4.98 Å². The van der Waals surface area contributed by atoms with Crippen LogP contribution in [0.15, 0.2) is 67.0 Å². The molecule has 0 atom stereocenters. The Hall–Kier alpha value is -3.06. The lowest BCUT2D eigenvalue weighted by Crippen LogP contribution is -2.15. The number of benzene rings is 3. The predicted molar refractivity (Wildman–Crippen MR) is 224 cm³/mol. The number of unbranched alkanes of at least 4 members (excludes halogenated alkanes) is 1. The number of aliphatic hydroxyl groups excluding tert-OH is 1. The minimum absolute atomic E-state index is 0.0930. The monoisotopic (exact) mass is 839 g/mol. The summed E-state index contributed by atoms with van der Waals surface area (Å²) in [7, 11) is -4.89. The molecule has 16 heteroatoms. The van der Waals surface area contributed by atoms with E-state index in [1.807, 2.05) is 66.8 Å². The van der Waals surface area contributed by atoms with Crippen LogP contribution in [-0.2, 0) is 9.13 Å². The Bertz CT molecular complexity index is 2170. The van der Waals surface area contributed by atoms with E-state index in [-0.39, 0.29) is 15.7 Å². The zero-order valence-corrected chi connectivity index (χ0v) is 34.6. The van der Waals surface area contributed by atoms with Crippen LogP contribution in [0.1, 0.15) is 30.9 Å². The van der Waals surface area contributed by atoms with Crippen molar-refractivity contribution >= 4 is 123 Å². The highest BCUT2D eigenvalue weighted by Gasteiger charge is 2.26. The minimum Gasteiger partial charge on any atom is -0.397 e. The molecule has 1 aliphatic rings. The van der Waals surface area contributed by atoms with Crippen LogP contribution in [-0.4, -0.2) is 58.3 Å². The summed E-state index contributed by atoms with van der Waals surface area (Å²) in [5.74, 6) is 0.386. The van der Waals surface area contributed by atoms with Crippen molar-refractivity contribution in [2.24, 2.45) is 0 Å². The fourth-order valence-electron chi connectivity index (χ4n) is 4.79. The molecule has 5 aromatic rings. The lowest BCUT2D eigenvalue weighted by atomic mass is 10.0. The third-order valence-electron chi connectivity index (χ3n) is 7.00. The van der Waals surface area contributed by atoms with Crippen LogP contribution in [0.3, 0.4) is 0 Å². The van der Waals surface area contributed by atoms with Gasteiger partial charge in [0, 0.05) is 18.0 Å². The molecule has 52 heavy (non-hydrogen) atoms. The smallest absolute Gasteiger partial charge is 0.224 e. The number of nitrogens with two attached hydrogens (primary N) is 1. The third-order valence-corrected chi connectivity index (χ3v) is 11.4. The van der Waals surface area contributed by atoms with E-state index in [0.717, 1.165) is 45.4 Å². The van der Waals surface area contributed by atoms with Gasteiger partial charge < -0.3 is 25.3 Å². The van der Waals surface area contributed by atoms with E-state index >= 15 is 0 Å². The second kappa shape index (κ2) is 19.9. The molecule has 274 valence electrons. The van der Waals surface area contributed by atoms with Gasteiger partial charge in [0.2, 0.25) is 10.6 Å².